The topological polar surface area (TPSA) is 61.0 Å². The lowest BCUT2D eigenvalue weighted by Gasteiger charge is -2.34. The Morgan fingerprint density at radius 1 is 1.48 bits per heavy atom. The molecule has 0 bridgehead atoms. The number of fused-ring (bicyclic) bond motifs is 1. The molecule has 1 aliphatic rings. The number of nitrogens with one attached hydrogen (secondary N) is 2. The number of H-pyrrole nitrogens is 1. The molecule has 2 heterocycles. The summed E-state index contributed by atoms with van der Waals surface area (Å²) in [5.41, 5.74) is 1.89. The average Bonchev–Trinajstić information content (AvgIpc) is 3.00. The van der Waals surface area contributed by atoms with Crippen molar-refractivity contribution in [3.8, 4) is 0 Å². The summed E-state index contributed by atoms with van der Waals surface area (Å²) in [5, 5.41) is 3.80. The largest absolute Gasteiger partial charge is 0.356 e. The van der Waals surface area contributed by atoms with E-state index in [2.05, 4.69) is 34.0 Å². The zero-order valence-corrected chi connectivity index (χ0v) is 15.8. The summed E-state index contributed by atoms with van der Waals surface area (Å²) in [7, 11) is 0. The van der Waals surface area contributed by atoms with Crippen LogP contribution in [0.2, 0.25) is 5.02 Å². The summed E-state index contributed by atoms with van der Waals surface area (Å²) in [6.07, 6.45) is 3.80. The quantitative estimate of drug-likeness (QED) is 0.774. The van der Waals surface area contributed by atoms with Gasteiger partial charge in [-0.05, 0) is 57.9 Å². The third-order valence-electron chi connectivity index (χ3n) is 4.94. The van der Waals surface area contributed by atoms with Gasteiger partial charge in [-0.3, -0.25) is 4.79 Å². The fourth-order valence-corrected chi connectivity index (χ4v) is 3.63. The Balaban J connectivity index is 1.43. The van der Waals surface area contributed by atoms with Crippen molar-refractivity contribution in [1.82, 2.24) is 20.2 Å². The van der Waals surface area contributed by atoms with Gasteiger partial charge >= 0.3 is 0 Å². The first-order valence-electron chi connectivity index (χ1n) is 9.19. The van der Waals surface area contributed by atoms with E-state index in [9.17, 15) is 4.79 Å². The number of benzene rings is 1. The molecule has 25 heavy (non-hydrogen) atoms. The Labute approximate surface area is 154 Å². The minimum atomic E-state index is 0.129. The van der Waals surface area contributed by atoms with Gasteiger partial charge < -0.3 is 15.2 Å². The van der Waals surface area contributed by atoms with Crippen molar-refractivity contribution in [1.29, 1.82) is 0 Å². The SMILES string of the molecule is CC(C)N1CCCC(C(=O)NCCCc2nc3ccc(Cl)cc3[nH]2)C1. The normalized spacial score (nSPS) is 18.8. The van der Waals surface area contributed by atoms with Crippen LogP contribution in [0.3, 0.4) is 0 Å². The van der Waals surface area contributed by atoms with Crippen LogP contribution < -0.4 is 5.32 Å². The number of imidazole rings is 1. The van der Waals surface area contributed by atoms with Gasteiger partial charge in [0.2, 0.25) is 5.91 Å². The van der Waals surface area contributed by atoms with Crippen molar-refractivity contribution in [3.05, 3.63) is 29.0 Å². The third-order valence-corrected chi connectivity index (χ3v) is 5.17. The van der Waals surface area contributed by atoms with Crippen LogP contribution in [0.1, 0.15) is 38.9 Å². The molecule has 0 saturated carbocycles. The van der Waals surface area contributed by atoms with Gasteiger partial charge in [0.05, 0.1) is 17.0 Å². The lowest BCUT2D eigenvalue weighted by Crippen LogP contribution is -2.45. The minimum absolute atomic E-state index is 0.129. The number of carbonyl (C=O) groups excluding carboxylic acids is 1. The van der Waals surface area contributed by atoms with E-state index in [0.29, 0.717) is 17.6 Å². The molecule has 1 saturated heterocycles. The van der Waals surface area contributed by atoms with Crippen LogP contribution in [-0.2, 0) is 11.2 Å². The molecule has 1 aliphatic heterocycles. The highest BCUT2D eigenvalue weighted by molar-refractivity contribution is 6.31. The highest BCUT2D eigenvalue weighted by atomic mass is 35.5. The number of nitrogens with zero attached hydrogens (tertiary/aromatic N) is 2. The van der Waals surface area contributed by atoms with Crippen LogP contribution >= 0.6 is 11.6 Å². The molecule has 0 radical (unpaired) electrons. The number of likely N-dealkylation sites (tertiary alicyclic amines) is 1. The van der Waals surface area contributed by atoms with Crippen molar-refractivity contribution in [2.45, 2.75) is 45.6 Å². The molecule has 1 atom stereocenters. The Morgan fingerprint density at radius 2 is 2.32 bits per heavy atom. The number of aryl methyl sites for hydroxylation is 1. The van der Waals surface area contributed by atoms with Gasteiger partial charge in [0.25, 0.3) is 0 Å². The molecule has 1 amide bonds. The lowest BCUT2D eigenvalue weighted by atomic mass is 9.96. The Hall–Kier alpha value is -1.59. The summed E-state index contributed by atoms with van der Waals surface area (Å²) >= 11 is 5.99. The molecule has 2 N–H and O–H groups in total. The molecule has 5 nitrogen and oxygen atoms in total. The molecule has 2 aromatic rings. The number of amides is 1. The average molecular weight is 363 g/mol. The predicted molar refractivity (Wildman–Crippen MR) is 102 cm³/mol. The number of carbonyl (C=O) groups is 1. The van der Waals surface area contributed by atoms with E-state index >= 15 is 0 Å². The van der Waals surface area contributed by atoms with Gasteiger partial charge in [0, 0.05) is 30.6 Å². The molecule has 136 valence electrons. The number of rotatable bonds is 6. The fourth-order valence-electron chi connectivity index (χ4n) is 3.45. The third kappa shape index (κ3) is 4.73. The molecule has 1 aromatic heterocycles. The van der Waals surface area contributed by atoms with Gasteiger partial charge in [0.15, 0.2) is 0 Å². The second-order valence-corrected chi connectivity index (χ2v) is 7.60. The number of hydrogen-bond donors (Lipinski definition) is 2. The smallest absolute Gasteiger partial charge is 0.224 e. The summed E-state index contributed by atoms with van der Waals surface area (Å²) in [6, 6.07) is 6.17. The highest BCUT2D eigenvalue weighted by Gasteiger charge is 2.26. The molecule has 0 spiro atoms. The van der Waals surface area contributed by atoms with Crippen molar-refractivity contribution >= 4 is 28.5 Å². The van der Waals surface area contributed by atoms with Crippen molar-refractivity contribution < 1.29 is 4.79 Å². The molecule has 0 aliphatic carbocycles. The molecule has 6 heteroatoms. The van der Waals surface area contributed by atoms with E-state index in [1.165, 1.54) is 0 Å². The molecule has 1 aromatic carbocycles. The minimum Gasteiger partial charge on any atom is -0.356 e. The molecule has 3 rings (SSSR count). The monoisotopic (exact) mass is 362 g/mol. The van der Waals surface area contributed by atoms with Crippen LogP contribution in [0.25, 0.3) is 11.0 Å². The molecule has 1 unspecified atom stereocenters. The van der Waals surface area contributed by atoms with Gasteiger partial charge in [-0.1, -0.05) is 11.6 Å². The Bertz CT molecular complexity index is 727. The second-order valence-electron chi connectivity index (χ2n) is 7.17. The maximum Gasteiger partial charge on any atom is 0.224 e. The van der Waals surface area contributed by atoms with Crippen LogP contribution in [-0.4, -0.2) is 46.5 Å². The first-order valence-corrected chi connectivity index (χ1v) is 9.56. The Morgan fingerprint density at radius 3 is 3.12 bits per heavy atom. The lowest BCUT2D eigenvalue weighted by molar-refractivity contribution is -0.126. The van der Waals surface area contributed by atoms with Gasteiger partial charge in [-0.2, -0.15) is 0 Å². The highest BCUT2D eigenvalue weighted by Crippen LogP contribution is 2.19. The number of aromatic nitrogens is 2. The summed E-state index contributed by atoms with van der Waals surface area (Å²) in [4.78, 5) is 22.6. The van der Waals surface area contributed by atoms with E-state index in [4.69, 9.17) is 11.6 Å². The number of hydrogen-bond acceptors (Lipinski definition) is 3. The van der Waals surface area contributed by atoms with Gasteiger partial charge in [0.1, 0.15) is 5.82 Å². The molecular weight excluding hydrogens is 336 g/mol. The summed E-state index contributed by atoms with van der Waals surface area (Å²) in [5.74, 6) is 1.27. The first kappa shape index (κ1) is 18.2. The van der Waals surface area contributed by atoms with Crippen molar-refractivity contribution in [2.24, 2.45) is 5.92 Å². The van der Waals surface area contributed by atoms with Gasteiger partial charge in [-0.15, -0.1) is 0 Å². The van der Waals surface area contributed by atoms with E-state index in [0.717, 1.165) is 55.6 Å². The summed E-state index contributed by atoms with van der Waals surface area (Å²) < 4.78 is 0. The van der Waals surface area contributed by atoms with Crippen LogP contribution in [0.4, 0.5) is 0 Å². The second kappa shape index (κ2) is 8.19. The van der Waals surface area contributed by atoms with Crippen LogP contribution in [0, 0.1) is 5.92 Å². The molecule has 1 fully saturated rings. The Kier molecular flexibility index (Phi) is 5.97. The van der Waals surface area contributed by atoms with Crippen LogP contribution in [0.15, 0.2) is 18.2 Å². The maximum atomic E-state index is 12.4. The zero-order chi connectivity index (χ0) is 17.8. The maximum absolute atomic E-state index is 12.4. The van der Waals surface area contributed by atoms with Crippen molar-refractivity contribution in [2.75, 3.05) is 19.6 Å². The fraction of sp³-hybridized carbons (Fsp3) is 0.579. The van der Waals surface area contributed by atoms with E-state index < -0.39 is 0 Å². The summed E-state index contributed by atoms with van der Waals surface area (Å²) in [6.45, 7) is 7.07. The van der Waals surface area contributed by atoms with Crippen molar-refractivity contribution in [3.63, 3.8) is 0 Å². The standard InChI is InChI=1S/C19H27ClN4O/c1-13(2)24-10-4-5-14(12-24)19(25)21-9-3-6-18-22-16-8-7-15(20)11-17(16)23-18/h7-8,11,13-14H,3-6,9-10,12H2,1-2H3,(H,21,25)(H,22,23). The van der Waals surface area contributed by atoms with Gasteiger partial charge in [-0.25, -0.2) is 4.98 Å². The van der Waals surface area contributed by atoms with E-state index in [-0.39, 0.29) is 11.8 Å². The van der Waals surface area contributed by atoms with E-state index in [1.807, 2.05) is 18.2 Å². The zero-order valence-electron chi connectivity index (χ0n) is 15.0. The number of piperidine rings is 1. The number of aromatic amines is 1. The first-order chi connectivity index (χ1) is 12.0. The molecular formula is C19H27ClN4O. The van der Waals surface area contributed by atoms with Crippen LogP contribution in [0.5, 0.6) is 0 Å². The predicted octanol–water partition coefficient (Wildman–Crippen LogP) is 3.39. The number of halogens is 1. The van der Waals surface area contributed by atoms with E-state index in [1.54, 1.807) is 0 Å².